The predicted molar refractivity (Wildman–Crippen MR) is 84.7 cm³/mol. The van der Waals surface area contributed by atoms with Gasteiger partial charge < -0.3 is 9.84 Å². The molecule has 2 aromatic carbocycles. The molecule has 0 radical (unpaired) electrons. The Bertz CT molecular complexity index is 799. The van der Waals surface area contributed by atoms with Gasteiger partial charge in [-0.1, -0.05) is 24.3 Å². The van der Waals surface area contributed by atoms with Crippen molar-refractivity contribution in [1.82, 2.24) is 5.43 Å². The molecule has 0 atom stereocenters. The van der Waals surface area contributed by atoms with Crippen molar-refractivity contribution in [2.75, 3.05) is 12.1 Å². The molecular formula is C17H14N2O4. The number of phenolic OH excluding ortho intramolecular Hbond substituents is 1. The number of carbonyl (C=O) groups excluding carboxylic acids is 2. The predicted octanol–water partition coefficient (Wildman–Crippen LogP) is 1.86. The summed E-state index contributed by atoms with van der Waals surface area (Å²) < 4.78 is 4.96. The molecule has 1 fully saturated rings. The number of para-hydroxylation sites is 1. The van der Waals surface area contributed by atoms with E-state index in [-0.39, 0.29) is 11.3 Å². The summed E-state index contributed by atoms with van der Waals surface area (Å²) in [4.78, 5) is 24.5. The van der Waals surface area contributed by atoms with Crippen molar-refractivity contribution in [1.29, 1.82) is 0 Å². The van der Waals surface area contributed by atoms with Crippen molar-refractivity contribution in [2.24, 2.45) is 0 Å². The Balaban J connectivity index is 1.92. The van der Waals surface area contributed by atoms with E-state index in [1.54, 1.807) is 36.4 Å². The summed E-state index contributed by atoms with van der Waals surface area (Å²) in [7, 11) is 1.44. The molecule has 3 rings (SSSR count). The second-order valence-corrected chi connectivity index (χ2v) is 4.91. The van der Waals surface area contributed by atoms with Crippen LogP contribution in [0.3, 0.4) is 0 Å². The van der Waals surface area contributed by atoms with Gasteiger partial charge in [-0.05, 0) is 35.9 Å². The van der Waals surface area contributed by atoms with Crippen LogP contribution in [-0.4, -0.2) is 24.0 Å². The molecule has 2 N–H and O–H groups in total. The highest BCUT2D eigenvalue weighted by atomic mass is 16.5. The van der Waals surface area contributed by atoms with Gasteiger partial charge in [-0.3, -0.25) is 15.0 Å². The Labute approximate surface area is 132 Å². The maximum absolute atomic E-state index is 12.4. The van der Waals surface area contributed by atoms with Crippen LogP contribution in [0.4, 0.5) is 5.69 Å². The summed E-state index contributed by atoms with van der Waals surface area (Å²) in [6.45, 7) is 0. The molecule has 6 heteroatoms. The van der Waals surface area contributed by atoms with E-state index in [4.69, 9.17) is 4.74 Å². The van der Waals surface area contributed by atoms with E-state index in [0.717, 1.165) is 0 Å². The third-order valence-electron chi connectivity index (χ3n) is 3.42. The van der Waals surface area contributed by atoms with Crippen LogP contribution in [0.15, 0.2) is 54.1 Å². The maximum Gasteiger partial charge on any atom is 0.282 e. The second-order valence-electron chi connectivity index (χ2n) is 4.91. The van der Waals surface area contributed by atoms with Crippen molar-refractivity contribution < 1.29 is 19.4 Å². The average Bonchev–Trinajstić information content (AvgIpc) is 2.84. The van der Waals surface area contributed by atoms with E-state index in [2.05, 4.69) is 5.43 Å². The minimum Gasteiger partial charge on any atom is -0.504 e. The van der Waals surface area contributed by atoms with Crippen LogP contribution in [0, 0.1) is 0 Å². The van der Waals surface area contributed by atoms with Gasteiger partial charge in [-0.15, -0.1) is 0 Å². The molecule has 0 spiro atoms. The molecule has 2 amide bonds. The van der Waals surface area contributed by atoms with Crippen LogP contribution in [0.2, 0.25) is 0 Å². The number of carbonyl (C=O) groups is 2. The van der Waals surface area contributed by atoms with E-state index in [9.17, 15) is 14.7 Å². The number of nitrogens with zero attached hydrogens (tertiary/aromatic N) is 1. The number of ether oxygens (including phenoxy) is 1. The van der Waals surface area contributed by atoms with E-state index >= 15 is 0 Å². The molecular weight excluding hydrogens is 296 g/mol. The maximum atomic E-state index is 12.4. The van der Waals surface area contributed by atoms with Crippen molar-refractivity contribution in [3.8, 4) is 11.5 Å². The zero-order valence-electron chi connectivity index (χ0n) is 12.3. The van der Waals surface area contributed by atoms with Crippen molar-refractivity contribution >= 4 is 23.6 Å². The fourth-order valence-corrected chi connectivity index (χ4v) is 2.28. The molecule has 116 valence electrons. The molecule has 0 aliphatic carbocycles. The highest BCUT2D eigenvalue weighted by Crippen LogP contribution is 2.28. The number of rotatable bonds is 3. The number of hydrogen-bond acceptors (Lipinski definition) is 4. The number of hydrogen-bond donors (Lipinski definition) is 2. The summed E-state index contributed by atoms with van der Waals surface area (Å²) in [5, 5.41) is 11.0. The minimum absolute atomic E-state index is 0.00146. The van der Waals surface area contributed by atoms with Gasteiger partial charge in [0.15, 0.2) is 11.5 Å². The lowest BCUT2D eigenvalue weighted by Gasteiger charge is -2.13. The summed E-state index contributed by atoms with van der Waals surface area (Å²) in [5.41, 5.74) is 3.62. The number of amides is 2. The Morgan fingerprint density at radius 2 is 1.87 bits per heavy atom. The largest absolute Gasteiger partial charge is 0.504 e. The Morgan fingerprint density at radius 3 is 2.52 bits per heavy atom. The van der Waals surface area contributed by atoms with Gasteiger partial charge in [0.1, 0.15) is 5.57 Å². The molecule has 1 aliphatic heterocycles. The van der Waals surface area contributed by atoms with Crippen LogP contribution < -0.4 is 15.2 Å². The van der Waals surface area contributed by atoms with E-state index < -0.39 is 11.8 Å². The quantitative estimate of drug-likeness (QED) is 0.670. The van der Waals surface area contributed by atoms with Gasteiger partial charge in [0, 0.05) is 0 Å². The van der Waals surface area contributed by atoms with Gasteiger partial charge >= 0.3 is 0 Å². The van der Waals surface area contributed by atoms with Gasteiger partial charge in [-0.25, -0.2) is 5.01 Å². The molecule has 0 aromatic heterocycles. The summed E-state index contributed by atoms with van der Waals surface area (Å²) in [6.07, 6.45) is 1.43. The fourth-order valence-electron chi connectivity index (χ4n) is 2.28. The van der Waals surface area contributed by atoms with Crippen LogP contribution >= 0.6 is 0 Å². The number of hydrazine groups is 1. The molecule has 23 heavy (non-hydrogen) atoms. The van der Waals surface area contributed by atoms with E-state index in [1.807, 2.05) is 6.07 Å². The van der Waals surface area contributed by atoms with Gasteiger partial charge in [0.2, 0.25) is 0 Å². The summed E-state index contributed by atoms with van der Waals surface area (Å²) in [6, 6.07) is 13.5. The van der Waals surface area contributed by atoms with Gasteiger partial charge in [0.25, 0.3) is 11.8 Å². The fraction of sp³-hybridized carbons (Fsp3) is 0.0588. The smallest absolute Gasteiger partial charge is 0.282 e. The van der Waals surface area contributed by atoms with Gasteiger partial charge in [-0.2, -0.15) is 0 Å². The lowest BCUT2D eigenvalue weighted by atomic mass is 10.1. The van der Waals surface area contributed by atoms with Crippen molar-refractivity contribution in [3.05, 3.63) is 59.7 Å². The first-order chi connectivity index (χ1) is 11.1. The summed E-state index contributed by atoms with van der Waals surface area (Å²) >= 11 is 0. The number of benzene rings is 2. The molecule has 2 aromatic rings. The molecule has 0 unspecified atom stereocenters. The summed E-state index contributed by atoms with van der Waals surface area (Å²) in [5.74, 6) is -0.682. The average molecular weight is 310 g/mol. The number of anilines is 1. The second kappa shape index (κ2) is 5.84. The van der Waals surface area contributed by atoms with Crippen LogP contribution in [0.5, 0.6) is 11.5 Å². The normalized spacial score (nSPS) is 15.9. The highest BCUT2D eigenvalue weighted by Gasteiger charge is 2.34. The SMILES string of the molecule is COc1ccc(/C=C2/C(=O)NN(c3ccccc3)C2=O)cc1O. The Morgan fingerprint density at radius 1 is 1.13 bits per heavy atom. The van der Waals surface area contributed by atoms with Crippen LogP contribution in [0.1, 0.15) is 5.56 Å². The molecule has 1 heterocycles. The van der Waals surface area contributed by atoms with Crippen LogP contribution in [0.25, 0.3) is 6.08 Å². The van der Waals surface area contributed by atoms with Crippen molar-refractivity contribution in [2.45, 2.75) is 0 Å². The first-order valence-electron chi connectivity index (χ1n) is 6.89. The lowest BCUT2D eigenvalue weighted by molar-refractivity contribution is -0.117. The Kier molecular flexibility index (Phi) is 3.72. The first kappa shape index (κ1) is 14.6. The van der Waals surface area contributed by atoms with Crippen molar-refractivity contribution in [3.63, 3.8) is 0 Å². The lowest BCUT2D eigenvalue weighted by Crippen LogP contribution is -2.35. The number of methoxy groups -OCH3 is 1. The zero-order valence-corrected chi connectivity index (χ0v) is 12.3. The molecule has 1 aliphatic rings. The third kappa shape index (κ3) is 2.74. The molecule has 0 bridgehead atoms. The standard InChI is InChI=1S/C17H14N2O4/c1-23-15-8-7-11(10-14(15)20)9-13-16(21)18-19(17(13)22)12-5-3-2-4-6-12/h2-10,20H,1H3,(H,18,21)/b13-9-. The number of nitrogens with one attached hydrogen (secondary N) is 1. The molecule has 6 nitrogen and oxygen atoms in total. The number of aromatic hydroxyl groups is 1. The Hall–Kier alpha value is -3.28. The zero-order chi connectivity index (χ0) is 16.4. The monoisotopic (exact) mass is 310 g/mol. The highest BCUT2D eigenvalue weighted by molar-refractivity contribution is 6.31. The topological polar surface area (TPSA) is 78.9 Å². The molecule has 0 saturated carbocycles. The molecule has 1 saturated heterocycles. The van der Waals surface area contributed by atoms with E-state index in [1.165, 1.54) is 24.3 Å². The minimum atomic E-state index is -0.492. The third-order valence-corrected chi connectivity index (χ3v) is 3.42. The van der Waals surface area contributed by atoms with Gasteiger partial charge in [0.05, 0.1) is 12.8 Å². The van der Waals surface area contributed by atoms with E-state index in [0.29, 0.717) is 17.0 Å². The first-order valence-corrected chi connectivity index (χ1v) is 6.89. The van der Waals surface area contributed by atoms with Crippen LogP contribution in [-0.2, 0) is 9.59 Å². The number of phenols is 1.